The monoisotopic (exact) mass is 535 g/mol. The van der Waals surface area contributed by atoms with Gasteiger partial charge in [-0.2, -0.15) is 0 Å². The Hall–Kier alpha value is -3.08. The molecule has 1 spiro atoms. The quantitative estimate of drug-likeness (QED) is 0.503. The van der Waals surface area contributed by atoms with E-state index in [0.717, 1.165) is 51.8 Å². The number of thiophene rings is 1. The molecule has 1 atom stereocenters. The van der Waals surface area contributed by atoms with Crippen LogP contribution in [0.4, 0.5) is 5.00 Å². The molecular weight excluding hydrogens is 506 g/mol. The lowest BCUT2D eigenvalue weighted by molar-refractivity contribution is -0.122. The summed E-state index contributed by atoms with van der Waals surface area (Å²) in [6.45, 7) is 4.95. The summed E-state index contributed by atoms with van der Waals surface area (Å²) < 4.78 is 0. The standard InChI is InChI=1S/C27H29N5O3S2/c1-17(33)28-13-18-3-5-19(6-4-18)22-14-29-24(37-22)20-15-31(16-20)25(34)21-7-8-23(36-21)32-12-10-27(26(32)35)9-2-11-30-27/h3-8,14,20,30H,2,9-13,15-16H2,1H3,(H,28,33). The Balaban J connectivity index is 1.05. The molecule has 8 nitrogen and oxygen atoms in total. The minimum atomic E-state index is -0.389. The predicted octanol–water partition coefficient (Wildman–Crippen LogP) is 3.61. The third-order valence-electron chi connectivity index (χ3n) is 7.55. The Morgan fingerprint density at radius 2 is 1.95 bits per heavy atom. The molecule has 0 radical (unpaired) electrons. The average Bonchev–Trinajstić information content (AvgIpc) is 3.67. The van der Waals surface area contributed by atoms with Gasteiger partial charge in [-0.15, -0.1) is 22.7 Å². The lowest BCUT2D eigenvalue weighted by Crippen LogP contribution is -2.48. The lowest BCUT2D eigenvalue weighted by Gasteiger charge is -2.37. The molecule has 3 aliphatic rings. The van der Waals surface area contributed by atoms with Crippen LogP contribution >= 0.6 is 22.7 Å². The van der Waals surface area contributed by atoms with Gasteiger partial charge in [0.25, 0.3) is 5.91 Å². The van der Waals surface area contributed by atoms with Gasteiger partial charge in [0.1, 0.15) is 5.54 Å². The van der Waals surface area contributed by atoms with Crippen molar-refractivity contribution in [3.8, 4) is 10.4 Å². The smallest absolute Gasteiger partial charge is 0.264 e. The zero-order valence-electron chi connectivity index (χ0n) is 20.7. The second-order valence-electron chi connectivity index (χ2n) is 10.0. The number of nitrogens with zero attached hydrogens (tertiary/aromatic N) is 3. The first kappa shape index (κ1) is 24.3. The lowest BCUT2D eigenvalue weighted by atomic mass is 9.96. The molecule has 3 aromatic rings. The van der Waals surface area contributed by atoms with Gasteiger partial charge in [-0.1, -0.05) is 24.3 Å². The first-order valence-electron chi connectivity index (χ1n) is 12.7. The number of likely N-dealkylation sites (tertiary alicyclic amines) is 1. The number of amides is 3. The predicted molar refractivity (Wildman–Crippen MR) is 145 cm³/mol. The second-order valence-corrected chi connectivity index (χ2v) is 12.2. The van der Waals surface area contributed by atoms with E-state index in [-0.39, 0.29) is 29.2 Å². The fourth-order valence-electron chi connectivity index (χ4n) is 5.35. The molecular formula is C27H29N5O3S2. The van der Waals surface area contributed by atoms with Gasteiger partial charge in [0.15, 0.2) is 0 Å². The number of carbonyl (C=O) groups excluding carboxylic acids is 3. The van der Waals surface area contributed by atoms with Gasteiger partial charge in [0.05, 0.1) is 19.8 Å². The number of thiazole rings is 1. The number of rotatable bonds is 6. The average molecular weight is 536 g/mol. The molecule has 2 aromatic heterocycles. The van der Waals surface area contributed by atoms with Crippen molar-refractivity contribution in [2.75, 3.05) is 31.1 Å². The molecule has 1 unspecified atom stereocenters. The Labute approximate surface area is 223 Å². The number of hydrogen-bond donors (Lipinski definition) is 2. The third-order valence-corrected chi connectivity index (χ3v) is 9.86. The third kappa shape index (κ3) is 4.58. The maximum atomic E-state index is 13.1. The van der Waals surface area contributed by atoms with Gasteiger partial charge in [-0.05, 0) is 49.1 Å². The minimum absolute atomic E-state index is 0.0272. The van der Waals surface area contributed by atoms with Crippen LogP contribution in [0.3, 0.4) is 0 Å². The molecule has 2 N–H and O–H groups in total. The molecule has 192 valence electrons. The van der Waals surface area contributed by atoms with Crippen LogP contribution in [-0.2, 0) is 16.1 Å². The van der Waals surface area contributed by atoms with Crippen LogP contribution in [-0.4, -0.2) is 59.3 Å². The maximum absolute atomic E-state index is 13.1. The van der Waals surface area contributed by atoms with Crippen molar-refractivity contribution in [1.29, 1.82) is 0 Å². The number of aromatic nitrogens is 1. The second kappa shape index (κ2) is 9.66. The van der Waals surface area contributed by atoms with Crippen LogP contribution in [0.25, 0.3) is 10.4 Å². The number of nitrogens with one attached hydrogen (secondary N) is 2. The topological polar surface area (TPSA) is 94.6 Å². The zero-order chi connectivity index (χ0) is 25.6. The van der Waals surface area contributed by atoms with Crippen LogP contribution in [0, 0.1) is 0 Å². The summed E-state index contributed by atoms with van der Waals surface area (Å²) in [5.74, 6) is 0.381. The van der Waals surface area contributed by atoms with E-state index in [9.17, 15) is 14.4 Å². The highest BCUT2D eigenvalue weighted by molar-refractivity contribution is 7.18. The Kier molecular flexibility index (Phi) is 6.34. The van der Waals surface area contributed by atoms with Crippen LogP contribution in [0.2, 0.25) is 0 Å². The molecule has 3 saturated heterocycles. The van der Waals surface area contributed by atoms with Crippen LogP contribution in [0.5, 0.6) is 0 Å². The molecule has 0 aliphatic carbocycles. The maximum Gasteiger partial charge on any atom is 0.264 e. The summed E-state index contributed by atoms with van der Waals surface area (Å²) in [5.41, 5.74) is 1.76. The van der Waals surface area contributed by atoms with Gasteiger partial charge >= 0.3 is 0 Å². The van der Waals surface area contributed by atoms with Crippen molar-refractivity contribution in [2.24, 2.45) is 0 Å². The molecule has 3 amide bonds. The first-order valence-corrected chi connectivity index (χ1v) is 14.3. The van der Waals surface area contributed by atoms with Crippen LogP contribution in [0.15, 0.2) is 42.6 Å². The molecule has 0 bridgehead atoms. The highest BCUT2D eigenvalue weighted by atomic mass is 32.1. The summed E-state index contributed by atoms with van der Waals surface area (Å²) in [6.07, 6.45) is 4.67. The number of benzene rings is 1. The van der Waals surface area contributed by atoms with Crippen molar-refractivity contribution in [3.05, 3.63) is 58.0 Å². The molecule has 3 fully saturated rings. The van der Waals surface area contributed by atoms with E-state index >= 15 is 0 Å². The molecule has 5 heterocycles. The van der Waals surface area contributed by atoms with Crippen molar-refractivity contribution in [3.63, 3.8) is 0 Å². The van der Waals surface area contributed by atoms with Crippen molar-refractivity contribution in [2.45, 2.75) is 44.2 Å². The largest absolute Gasteiger partial charge is 0.352 e. The Bertz CT molecular complexity index is 1340. The summed E-state index contributed by atoms with van der Waals surface area (Å²) in [6, 6.07) is 11.9. The highest BCUT2D eigenvalue weighted by Gasteiger charge is 2.49. The van der Waals surface area contributed by atoms with E-state index in [1.807, 2.05) is 40.3 Å². The summed E-state index contributed by atoms with van der Waals surface area (Å²) >= 11 is 3.08. The number of hydrogen-bond acceptors (Lipinski definition) is 7. The van der Waals surface area contributed by atoms with Gasteiger partial charge < -0.3 is 20.4 Å². The number of anilines is 1. The first-order chi connectivity index (χ1) is 17.9. The zero-order valence-corrected chi connectivity index (χ0v) is 22.3. The SMILES string of the molecule is CC(=O)NCc1ccc(-c2cnc(C3CN(C(=O)c4ccc(N5CCC6(CCCN6)C5=O)s4)C3)s2)cc1. The fraction of sp³-hybridized carbons (Fsp3) is 0.407. The normalized spacial score (nSPS) is 21.6. The van der Waals surface area contributed by atoms with E-state index in [1.165, 1.54) is 18.3 Å². The fourth-order valence-corrected chi connectivity index (χ4v) is 7.35. The summed E-state index contributed by atoms with van der Waals surface area (Å²) in [5, 5.41) is 8.13. The van der Waals surface area contributed by atoms with Crippen LogP contribution < -0.4 is 15.5 Å². The summed E-state index contributed by atoms with van der Waals surface area (Å²) in [4.78, 5) is 47.4. The molecule has 37 heavy (non-hydrogen) atoms. The van der Waals surface area contributed by atoms with E-state index in [4.69, 9.17) is 0 Å². The van der Waals surface area contributed by atoms with Gasteiger partial charge in [0, 0.05) is 45.2 Å². The molecule has 1 aromatic carbocycles. The molecule has 3 aliphatic heterocycles. The van der Waals surface area contributed by atoms with Gasteiger partial charge in [0.2, 0.25) is 11.8 Å². The van der Waals surface area contributed by atoms with Crippen LogP contribution in [0.1, 0.15) is 52.3 Å². The Morgan fingerprint density at radius 3 is 2.68 bits per heavy atom. The van der Waals surface area contributed by atoms with E-state index in [2.05, 4.69) is 27.8 Å². The Morgan fingerprint density at radius 1 is 1.14 bits per heavy atom. The van der Waals surface area contributed by atoms with E-state index < -0.39 is 0 Å². The van der Waals surface area contributed by atoms with Gasteiger partial charge in [-0.25, -0.2) is 4.98 Å². The highest BCUT2D eigenvalue weighted by Crippen LogP contribution is 2.39. The van der Waals surface area contributed by atoms with Crippen molar-refractivity contribution in [1.82, 2.24) is 20.5 Å². The van der Waals surface area contributed by atoms with Crippen molar-refractivity contribution >= 4 is 45.4 Å². The summed E-state index contributed by atoms with van der Waals surface area (Å²) in [7, 11) is 0. The van der Waals surface area contributed by atoms with Crippen molar-refractivity contribution < 1.29 is 14.4 Å². The van der Waals surface area contributed by atoms with Gasteiger partial charge in [-0.3, -0.25) is 14.4 Å². The van der Waals surface area contributed by atoms with E-state index in [1.54, 1.807) is 11.3 Å². The molecule has 10 heteroatoms. The minimum Gasteiger partial charge on any atom is -0.352 e. The molecule has 0 saturated carbocycles. The van der Waals surface area contributed by atoms with E-state index in [0.29, 0.717) is 31.1 Å². The number of carbonyl (C=O) groups is 3. The molecule has 6 rings (SSSR count).